The molecule has 6 nitrogen and oxygen atoms in total. The smallest absolute Gasteiger partial charge is 0.433 e. The summed E-state index contributed by atoms with van der Waals surface area (Å²) in [5.41, 5.74) is -0.375. The highest BCUT2D eigenvalue weighted by atomic mass is 19.4. The summed E-state index contributed by atoms with van der Waals surface area (Å²) in [6.45, 7) is 3.09. The molecule has 0 bridgehead atoms. The molecule has 2 aromatic heterocycles. The second-order valence-electron chi connectivity index (χ2n) is 5.77. The summed E-state index contributed by atoms with van der Waals surface area (Å²) in [4.78, 5) is 24.0. The number of nitrogens with one attached hydrogen (secondary N) is 1. The number of oxazole rings is 1. The van der Waals surface area contributed by atoms with Crippen molar-refractivity contribution in [3.8, 4) is 11.3 Å². The summed E-state index contributed by atoms with van der Waals surface area (Å²) in [6, 6.07) is 8.82. The molecule has 0 aliphatic rings. The van der Waals surface area contributed by atoms with Crippen molar-refractivity contribution in [2.45, 2.75) is 26.1 Å². The van der Waals surface area contributed by atoms with Gasteiger partial charge in [0.1, 0.15) is 5.69 Å². The number of alkyl halides is 3. The Balaban J connectivity index is 1.84. The molecule has 0 saturated carbocycles. The van der Waals surface area contributed by atoms with Gasteiger partial charge >= 0.3 is 6.18 Å². The van der Waals surface area contributed by atoms with E-state index in [0.29, 0.717) is 11.5 Å². The lowest BCUT2D eigenvalue weighted by Gasteiger charge is -2.13. The molecule has 3 aromatic rings. The first-order chi connectivity index (χ1) is 12.8. The zero-order valence-electron chi connectivity index (χ0n) is 14.4. The number of aryl methyl sites for hydroxylation is 1. The first-order valence-corrected chi connectivity index (χ1v) is 7.99. The van der Waals surface area contributed by atoms with E-state index in [1.807, 2.05) is 6.07 Å². The quantitative estimate of drug-likeness (QED) is 0.746. The van der Waals surface area contributed by atoms with Crippen molar-refractivity contribution in [3.05, 3.63) is 65.7 Å². The average Bonchev–Trinajstić information content (AvgIpc) is 3.04. The Kier molecular flexibility index (Phi) is 4.93. The van der Waals surface area contributed by atoms with Crippen LogP contribution in [0.4, 0.5) is 13.2 Å². The predicted molar refractivity (Wildman–Crippen MR) is 89.6 cm³/mol. The summed E-state index contributed by atoms with van der Waals surface area (Å²) in [7, 11) is 0. The highest BCUT2D eigenvalue weighted by molar-refractivity contribution is 5.97. The van der Waals surface area contributed by atoms with Crippen molar-refractivity contribution >= 4 is 5.91 Å². The lowest BCUT2D eigenvalue weighted by molar-refractivity contribution is -0.141. The second-order valence-corrected chi connectivity index (χ2v) is 5.77. The molecule has 9 heteroatoms. The molecule has 2 heterocycles. The molecule has 0 spiro atoms. The molecule has 0 fully saturated rings. The minimum Gasteiger partial charge on any atom is -0.440 e. The van der Waals surface area contributed by atoms with Crippen LogP contribution >= 0.6 is 0 Å². The Hall–Kier alpha value is -3.23. The van der Waals surface area contributed by atoms with Crippen LogP contribution in [0.3, 0.4) is 0 Å². The van der Waals surface area contributed by atoms with Crippen LogP contribution in [-0.2, 0) is 6.18 Å². The minimum absolute atomic E-state index is 0.0394. The number of benzene rings is 1. The SMILES string of the molecule is Cc1nc(C(=O)NC(C)c2nccc(C(F)(F)F)n2)c(-c2ccccc2)o1. The third-order valence-electron chi connectivity index (χ3n) is 3.68. The maximum atomic E-state index is 12.8. The van der Waals surface area contributed by atoms with Crippen molar-refractivity contribution < 1.29 is 22.4 Å². The number of nitrogens with zero attached hydrogens (tertiary/aromatic N) is 3. The standard InChI is InChI=1S/C18H15F3N4O2/c1-10(16-22-9-8-13(25-16)18(19,20)21)23-17(26)14-15(27-11(2)24-14)12-6-4-3-5-7-12/h3-10H,1-2H3,(H,23,26). The van der Waals surface area contributed by atoms with Gasteiger partial charge in [-0.05, 0) is 13.0 Å². The van der Waals surface area contributed by atoms with Crippen molar-refractivity contribution in [1.82, 2.24) is 20.3 Å². The molecule has 1 unspecified atom stereocenters. The predicted octanol–water partition coefficient (Wildman–Crippen LogP) is 3.95. The monoisotopic (exact) mass is 376 g/mol. The van der Waals surface area contributed by atoms with Crippen LogP contribution in [0.2, 0.25) is 0 Å². The zero-order valence-corrected chi connectivity index (χ0v) is 14.4. The Morgan fingerprint density at radius 1 is 1.15 bits per heavy atom. The number of carbonyl (C=O) groups excluding carboxylic acids is 1. The van der Waals surface area contributed by atoms with Gasteiger partial charge in [-0.1, -0.05) is 30.3 Å². The first-order valence-electron chi connectivity index (χ1n) is 7.99. The number of hydrogen-bond acceptors (Lipinski definition) is 5. The largest absolute Gasteiger partial charge is 0.440 e. The van der Waals surface area contributed by atoms with Crippen molar-refractivity contribution in [1.29, 1.82) is 0 Å². The highest BCUT2D eigenvalue weighted by Gasteiger charge is 2.33. The van der Waals surface area contributed by atoms with Gasteiger partial charge in [-0.15, -0.1) is 0 Å². The van der Waals surface area contributed by atoms with Gasteiger partial charge in [0.2, 0.25) is 0 Å². The molecule has 1 N–H and O–H groups in total. The van der Waals surface area contributed by atoms with Crippen LogP contribution in [0.15, 0.2) is 47.0 Å². The van der Waals surface area contributed by atoms with Crippen LogP contribution in [0.25, 0.3) is 11.3 Å². The maximum absolute atomic E-state index is 12.8. The lowest BCUT2D eigenvalue weighted by atomic mass is 10.1. The number of carbonyl (C=O) groups is 1. The minimum atomic E-state index is -4.59. The summed E-state index contributed by atoms with van der Waals surface area (Å²) < 4.78 is 43.9. The van der Waals surface area contributed by atoms with E-state index in [2.05, 4.69) is 20.3 Å². The van der Waals surface area contributed by atoms with Gasteiger partial charge in [-0.25, -0.2) is 15.0 Å². The molecule has 0 radical (unpaired) electrons. The fraction of sp³-hybridized carbons (Fsp3) is 0.222. The molecule has 0 aliphatic heterocycles. The average molecular weight is 376 g/mol. The van der Waals surface area contributed by atoms with Crippen molar-refractivity contribution in [3.63, 3.8) is 0 Å². The number of amides is 1. The fourth-order valence-corrected chi connectivity index (χ4v) is 2.44. The maximum Gasteiger partial charge on any atom is 0.433 e. The third-order valence-corrected chi connectivity index (χ3v) is 3.68. The fourth-order valence-electron chi connectivity index (χ4n) is 2.44. The van der Waals surface area contributed by atoms with Crippen LogP contribution in [0, 0.1) is 6.92 Å². The summed E-state index contributed by atoms with van der Waals surface area (Å²) in [5, 5.41) is 2.56. The van der Waals surface area contributed by atoms with Crippen LogP contribution < -0.4 is 5.32 Å². The van der Waals surface area contributed by atoms with E-state index >= 15 is 0 Å². The van der Waals surface area contributed by atoms with Gasteiger partial charge in [0, 0.05) is 18.7 Å². The van der Waals surface area contributed by atoms with Gasteiger partial charge in [0.15, 0.2) is 23.2 Å². The Morgan fingerprint density at radius 3 is 2.52 bits per heavy atom. The van der Waals surface area contributed by atoms with E-state index in [0.717, 1.165) is 12.3 Å². The molecule has 1 aromatic carbocycles. The van der Waals surface area contributed by atoms with Crippen LogP contribution in [0.5, 0.6) is 0 Å². The van der Waals surface area contributed by atoms with Crippen molar-refractivity contribution in [2.24, 2.45) is 0 Å². The number of aromatic nitrogens is 3. The summed E-state index contributed by atoms with van der Waals surface area (Å²) >= 11 is 0. The topological polar surface area (TPSA) is 80.9 Å². The molecule has 140 valence electrons. The van der Waals surface area contributed by atoms with Crippen molar-refractivity contribution in [2.75, 3.05) is 0 Å². The Labute approximate surface area is 152 Å². The third kappa shape index (κ3) is 4.13. The van der Waals surface area contributed by atoms with Gasteiger partial charge in [-0.2, -0.15) is 13.2 Å². The number of halogens is 3. The lowest BCUT2D eigenvalue weighted by Crippen LogP contribution is -2.29. The van der Waals surface area contributed by atoms with Crippen LogP contribution in [0.1, 0.15) is 40.9 Å². The molecule has 3 rings (SSSR count). The molecular formula is C18H15F3N4O2. The molecular weight excluding hydrogens is 361 g/mol. The summed E-state index contributed by atoms with van der Waals surface area (Å²) in [6.07, 6.45) is -3.59. The van der Waals surface area contributed by atoms with Gasteiger partial charge in [0.25, 0.3) is 5.91 Å². The van der Waals surface area contributed by atoms with E-state index in [9.17, 15) is 18.0 Å². The Bertz CT molecular complexity index is 955. The van der Waals surface area contributed by atoms with E-state index in [-0.39, 0.29) is 17.3 Å². The van der Waals surface area contributed by atoms with E-state index in [4.69, 9.17) is 4.42 Å². The molecule has 0 aliphatic carbocycles. The van der Waals surface area contributed by atoms with Gasteiger partial charge < -0.3 is 9.73 Å². The molecule has 27 heavy (non-hydrogen) atoms. The highest BCUT2D eigenvalue weighted by Crippen LogP contribution is 2.28. The van der Waals surface area contributed by atoms with E-state index in [1.54, 1.807) is 31.2 Å². The molecule has 0 saturated heterocycles. The van der Waals surface area contributed by atoms with Gasteiger partial charge in [0.05, 0.1) is 6.04 Å². The van der Waals surface area contributed by atoms with E-state index < -0.39 is 23.8 Å². The van der Waals surface area contributed by atoms with E-state index in [1.165, 1.54) is 6.92 Å². The first kappa shape index (κ1) is 18.6. The van der Waals surface area contributed by atoms with Crippen LogP contribution in [-0.4, -0.2) is 20.9 Å². The van der Waals surface area contributed by atoms with Gasteiger partial charge in [-0.3, -0.25) is 4.79 Å². The normalized spacial score (nSPS) is 12.6. The Morgan fingerprint density at radius 2 is 1.85 bits per heavy atom. The molecule has 1 atom stereocenters. The molecule has 1 amide bonds. The zero-order chi connectivity index (χ0) is 19.6. The summed E-state index contributed by atoms with van der Waals surface area (Å²) in [5.74, 6) is -0.177. The second kappa shape index (κ2) is 7.18. The number of hydrogen-bond donors (Lipinski definition) is 1. The number of rotatable bonds is 4.